The van der Waals surface area contributed by atoms with Crippen molar-refractivity contribution in [2.75, 3.05) is 6.54 Å². The predicted molar refractivity (Wildman–Crippen MR) is 59.5 cm³/mol. The molecule has 4 heteroatoms. The molecule has 0 spiro atoms. The number of imide groups is 1. The van der Waals surface area contributed by atoms with E-state index in [-0.39, 0.29) is 24.0 Å². The van der Waals surface area contributed by atoms with Gasteiger partial charge in [0.05, 0.1) is 0 Å². The number of amides is 3. The summed E-state index contributed by atoms with van der Waals surface area (Å²) in [6, 6.07) is -0.561. The normalized spacial score (nSPS) is 26.6. The first kappa shape index (κ1) is 11.0. The first-order valence-corrected chi connectivity index (χ1v) is 5.74. The van der Waals surface area contributed by atoms with E-state index in [9.17, 15) is 9.59 Å². The van der Waals surface area contributed by atoms with Crippen molar-refractivity contribution in [1.82, 2.24) is 9.80 Å². The third kappa shape index (κ3) is 1.57. The van der Waals surface area contributed by atoms with E-state index in [2.05, 4.69) is 5.92 Å². The van der Waals surface area contributed by atoms with Crippen molar-refractivity contribution in [2.24, 2.45) is 0 Å². The third-order valence-electron chi connectivity index (χ3n) is 3.33. The molecule has 0 N–H and O–H groups in total. The molecule has 86 valence electrons. The molecule has 4 nitrogen and oxygen atoms in total. The maximum absolute atomic E-state index is 12.1. The van der Waals surface area contributed by atoms with Gasteiger partial charge in [-0.1, -0.05) is 0 Å². The minimum Gasteiger partial charge on any atom is -0.312 e. The number of hydrogen-bond donors (Lipinski definition) is 0. The summed E-state index contributed by atoms with van der Waals surface area (Å²) in [6.45, 7) is 2.53. The maximum Gasteiger partial charge on any atom is 0.327 e. The summed E-state index contributed by atoms with van der Waals surface area (Å²) in [4.78, 5) is 27.1. The number of urea groups is 1. The van der Waals surface area contributed by atoms with Crippen LogP contribution in [0.4, 0.5) is 4.79 Å². The summed E-state index contributed by atoms with van der Waals surface area (Å²) < 4.78 is 0. The van der Waals surface area contributed by atoms with Crippen LogP contribution in [0, 0.1) is 12.3 Å². The van der Waals surface area contributed by atoms with E-state index in [4.69, 9.17) is 6.42 Å². The van der Waals surface area contributed by atoms with Crippen LogP contribution in [0.25, 0.3) is 0 Å². The molecule has 2 aliphatic rings. The first-order valence-electron chi connectivity index (χ1n) is 5.74. The topological polar surface area (TPSA) is 40.6 Å². The second-order valence-electron chi connectivity index (χ2n) is 4.45. The molecule has 0 saturated carbocycles. The average Bonchev–Trinajstić information content (AvgIpc) is 2.53. The summed E-state index contributed by atoms with van der Waals surface area (Å²) >= 11 is 0. The Balaban J connectivity index is 2.19. The second kappa shape index (κ2) is 4.17. The van der Waals surface area contributed by atoms with Gasteiger partial charge in [0.15, 0.2) is 0 Å². The van der Waals surface area contributed by atoms with Gasteiger partial charge in [0.2, 0.25) is 0 Å². The van der Waals surface area contributed by atoms with Crippen molar-refractivity contribution >= 4 is 11.9 Å². The van der Waals surface area contributed by atoms with Gasteiger partial charge >= 0.3 is 6.03 Å². The van der Waals surface area contributed by atoms with Crippen molar-refractivity contribution in [2.45, 2.75) is 44.7 Å². The number of carbonyl (C=O) groups excluding carboxylic acids is 2. The Bertz CT molecular complexity index is 335. The zero-order valence-corrected chi connectivity index (χ0v) is 9.48. The molecule has 2 fully saturated rings. The zero-order chi connectivity index (χ0) is 11.7. The van der Waals surface area contributed by atoms with Crippen LogP contribution in [0.5, 0.6) is 0 Å². The highest BCUT2D eigenvalue weighted by molar-refractivity contribution is 6.04. The van der Waals surface area contributed by atoms with E-state index >= 15 is 0 Å². The molecule has 0 aromatic rings. The lowest BCUT2D eigenvalue weighted by atomic mass is 10.0. The molecule has 2 aliphatic heterocycles. The monoisotopic (exact) mass is 220 g/mol. The smallest absolute Gasteiger partial charge is 0.312 e. The molecule has 0 aliphatic carbocycles. The Morgan fingerprint density at radius 2 is 2.25 bits per heavy atom. The van der Waals surface area contributed by atoms with Crippen molar-refractivity contribution in [1.29, 1.82) is 0 Å². The van der Waals surface area contributed by atoms with Gasteiger partial charge < -0.3 is 4.90 Å². The Hall–Kier alpha value is -1.50. The molecule has 0 aromatic heterocycles. The molecule has 16 heavy (non-hydrogen) atoms. The van der Waals surface area contributed by atoms with E-state index < -0.39 is 0 Å². The average molecular weight is 220 g/mol. The van der Waals surface area contributed by atoms with Crippen LogP contribution in [0.2, 0.25) is 0 Å². The molecular formula is C12H16N2O2. The van der Waals surface area contributed by atoms with E-state index in [1.54, 1.807) is 4.90 Å². The minimum absolute atomic E-state index is 0.0625. The summed E-state index contributed by atoms with van der Waals surface area (Å²) in [7, 11) is 0. The molecule has 2 saturated heterocycles. The van der Waals surface area contributed by atoms with Crippen LogP contribution < -0.4 is 0 Å². The lowest BCUT2D eigenvalue weighted by Crippen LogP contribution is -2.40. The van der Waals surface area contributed by atoms with Crippen molar-refractivity contribution < 1.29 is 9.59 Å². The molecule has 0 unspecified atom stereocenters. The molecule has 2 rings (SSSR count). The Morgan fingerprint density at radius 3 is 2.88 bits per heavy atom. The van der Waals surface area contributed by atoms with Crippen LogP contribution in [0.1, 0.15) is 32.6 Å². The molecular weight excluding hydrogens is 204 g/mol. The second-order valence-corrected chi connectivity index (χ2v) is 4.45. The molecule has 3 amide bonds. The van der Waals surface area contributed by atoms with Gasteiger partial charge in [0.25, 0.3) is 5.91 Å². The van der Waals surface area contributed by atoms with E-state index in [0.717, 1.165) is 19.3 Å². The molecule has 0 aromatic carbocycles. The highest BCUT2D eigenvalue weighted by Gasteiger charge is 2.47. The largest absolute Gasteiger partial charge is 0.327 e. The van der Waals surface area contributed by atoms with Gasteiger partial charge in [-0.25, -0.2) is 4.79 Å². The number of fused-ring (bicyclic) bond motifs is 1. The maximum atomic E-state index is 12.1. The fourth-order valence-corrected chi connectivity index (χ4v) is 2.48. The van der Waals surface area contributed by atoms with Crippen LogP contribution in [-0.4, -0.2) is 40.4 Å². The number of carbonyl (C=O) groups is 2. The molecule has 0 bridgehead atoms. The van der Waals surface area contributed by atoms with Gasteiger partial charge in [0, 0.05) is 19.0 Å². The molecule has 0 radical (unpaired) electrons. The number of nitrogens with zero attached hydrogens (tertiary/aromatic N) is 2. The first-order chi connectivity index (χ1) is 7.66. The Labute approximate surface area is 95.6 Å². The van der Waals surface area contributed by atoms with E-state index in [1.165, 1.54) is 4.90 Å². The fraction of sp³-hybridized carbons (Fsp3) is 0.667. The molecule has 2 atom stereocenters. The van der Waals surface area contributed by atoms with Gasteiger partial charge in [0.1, 0.15) is 6.04 Å². The van der Waals surface area contributed by atoms with Gasteiger partial charge in [-0.3, -0.25) is 9.69 Å². The highest BCUT2D eigenvalue weighted by atomic mass is 16.2. The van der Waals surface area contributed by atoms with Crippen molar-refractivity contribution in [3.8, 4) is 12.3 Å². The Kier molecular flexibility index (Phi) is 2.86. The lowest BCUT2D eigenvalue weighted by molar-refractivity contribution is -0.130. The number of hydrogen-bond acceptors (Lipinski definition) is 2. The highest BCUT2D eigenvalue weighted by Crippen LogP contribution is 2.28. The minimum atomic E-state index is -0.221. The third-order valence-corrected chi connectivity index (χ3v) is 3.33. The standard InChI is InChI=1S/C12H16N2O2/c1-3-6-9(2)14-11(15)10-7-4-5-8-13(10)12(14)16/h1,9-10H,4-8H2,2H3/t9-,10-/m1/s1. The number of piperidine rings is 1. The van der Waals surface area contributed by atoms with Gasteiger partial charge in [-0.05, 0) is 26.2 Å². The quantitative estimate of drug-likeness (QED) is 0.518. The van der Waals surface area contributed by atoms with Gasteiger partial charge in [-0.2, -0.15) is 0 Å². The SMILES string of the molecule is C#CC[C@@H](C)N1C(=O)[C@H]2CCCCN2C1=O. The number of rotatable bonds is 2. The van der Waals surface area contributed by atoms with Crippen LogP contribution in [0.15, 0.2) is 0 Å². The Morgan fingerprint density at radius 1 is 1.50 bits per heavy atom. The predicted octanol–water partition coefficient (Wildman–Crippen LogP) is 1.21. The summed E-state index contributed by atoms with van der Waals surface area (Å²) in [5, 5.41) is 0. The van der Waals surface area contributed by atoms with Crippen LogP contribution >= 0.6 is 0 Å². The summed E-state index contributed by atoms with van der Waals surface area (Å²) in [6.07, 6.45) is 8.46. The van der Waals surface area contributed by atoms with E-state index in [1.807, 2.05) is 6.92 Å². The lowest BCUT2D eigenvalue weighted by Gasteiger charge is -2.26. The summed E-state index contributed by atoms with van der Waals surface area (Å²) in [5.41, 5.74) is 0. The van der Waals surface area contributed by atoms with Gasteiger partial charge in [-0.15, -0.1) is 12.3 Å². The zero-order valence-electron chi connectivity index (χ0n) is 9.48. The molecule has 2 heterocycles. The van der Waals surface area contributed by atoms with E-state index in [0.29, 0.717) is 13.0 Å². The summed E-state index contributed by atoms with van der Waals surface area (Å²) in [5.74, 6) is 2.44. The van der Waals surface area contributed by atoms with Crippen LogP contribution in [-0.2, 0) is 4.79 Å². The fourth-order valence-electron chi connectivity index (χ4n) is 2.48. The van der Waals surface area contributed by atoms with Crippen LogP contribution in [0.3, 0.4) is 0 Å². The van der Waals surface area contributed by atoms with Crippen molar-refractivity contribution in [3.05, 3.63) is 0 Å². The van der Waals surface area contributed by atoms with Crippen molar-refractivity contribution in [3.63, 3.8) is 0 Å². The number of terminal acetylenes is 1.